The van der Waals surface area contributed by atoms with Gasteiger partial charge in [0.25, 0.3) is 5.91 Å². The van der Waals surface area contributed by atoms with Gasteiger partial charge in [-0.2, -0.15) is 0 Å². The topological polar surface area (TPSA) is 85.6 Å². The van der Waals surface area contributed by atoms with Crippen molar-refractivity contribution >= 4 is 22.8 Å². The number of carbonyl (C=O) groups is 1. The summed E-state index contributed by atoms with van der Waals surface area (Å²) in [4.78, 5) is 16.8. The van der Waals surface area contributed by atoms with E-state index in [1.807, 2.05) is 24.3 Å². The zero-order chi connectivity index (χ0) is 15.4. The molecule has 1 aromatic carbocycles. The molecule has 2 aromatic heterocycles. The third kappa shape index (κ3) is 2.78. The molecule has 7 nitrogen and oxygen atoms in total. The summed E-state index contributed by atoms with van der Waals surface area (Å²) in [5.74, 6) is 0.0863. The maximum absolute atomic E-state index is 12.5. The van der Waals surface area contributed by atoms with Gasteiger partial charge in [0.05, 0.1) is 11.1 Å². The molecule has 0 aliphatic rings. The van der Waals surface area contributed by atoms with E-state index in [9.17, 15) is 4.79 Å². The second-order valence-corrected chi connectivity index (χ2v) is 4.91. The average molecular weight is 296 g/mol. The molecule has 3 aromatic rings. The summed E-state index contributed by atoms with van der Waals surface area (Å²) in [5, 5.41) is 15.0. The van der Waals surface area contributed by atoms with Crippen molar-refractivity contribution in [1.29, 1.82) is 0 Å². The van der Waals surface area contributed by atoms with E-state index in [0.717, 1.165) is 18.2 Å². The van der Waals surface area contributed by atoms with Crippen molar-refractivity contribution in [3.63, 3.8) is 0 Å². The molecule has 3 rings (SSSR count). The number of carbonyl (C=O) groups excluding carboxylic acids is 1. The molecule has 1 N–H and O–H groups in total. The summed E-state index contributed by atoms with van der Waals surface area (Å²) in [5.41, 5.74) is 1.17. The minimum absolute atomic E-state index is 0.267. The van der Waals surface area contributed by atoms with E-state index in [1.54, 1.807) is 16.9 Å². The number of tetrazole rings is 1. The van der Waals surface area contributed by atoms with Crippen molar-refractivity contribution in [2.75, 3.05) is 5.32 Å². The fraction of sp³-hybridized carbons (Fsp3) is 0.267. The second kappa shape index (κ2) is 6.30. The number of benzene rings is 1. The smallest absolute Gasteiger partial charge is 0.260 e. The van der Waals surface area contributed by atoms with Gasteiger partial charge in [-0.05, 0) is 29.0 Å². The van der Waals surface area contributed by atoms with Gasteiger partial charge in [0.1, 0.15) is 0 Å². The molecule has 22 heavy (non-hydrogen) atoms. The molecule has 0 bridgehead atoms. The number of anilines is 1. The zero-order valence-corrected chi connectivity index (χ0v) is 12.2. The summed E-state index contributed by atoms with van der Waals surface area (Å²) in [6.45, 7) is 2.76. The molecule has 2 heterocycles. The van der Waals surface area contributed by atoms with Crippen LogP contribution in [0.3, 0.4) is 0 Å². The molecule has 0 unspecified atom stereocenters. The lowest BCUT2D eigenvalue weighted by molar-refractivity contribution is 0.102. The normalized spacial score (nSPS) is 10.8. The molecule has 7 heteroatoms. The maximum atomic E-state index is 12.5. The van der Waals surface area contributed by atoms with Crippen molar-refractivity contribution in [2.24, 2.45) is 0 Å². The highest BCUT2D eigenvalue weighted by atomic mass is 16.1. The first kappa shape index (κ1) is 14.1. The van der Waals surface area contributed by atoms with Crippen LogP contribution in [0.1, 0.15) is 30.1 Å². The number of aromatic nitrogens is 5. The van der Waals surface area contributed by atoms with Crippen LogP contribution < -0.4 is 5.32 Å². The van der Waals surface area contributed by atoms with Crippen LogP contribution in [0.2, 0.25) is 0 Å². The average Bonchev–Trinajstić information content (AvgIpc) is 2.99. The van der Waals surface area contributed by atoms with Gasteiger partial charge in [0, 0.05) is 18.1 Å². The van der Waals surface area contributed by atoms with E-state index in [1.165, 1.54) is 0 Å². The summed E-state index contributed by atoms with van der Waals surface area (Å²) in [7, 11) is 0. The Bertz CT molecular complexity index is 792. The van der Waals surface area contributed by atoms with Crippen LogP contribution in [0.5, 0.6) is 0 Å². The highest BCUT2D eigenvalue weighted by Gasteiger charge is 2.14. The number of amides is 1. The lowest BCUT2D eigenvalue weighted by Crippen LogP contribution is -2.17. The Morgan fingerprint density at radius 2 is 2.14 bits per heavy atom. The van der Waals surface area contributed by atoms with Crippen molar-refractivity contribution < 1.29 is 4.79 Å². The molecule has 0 aliphatic carbocycles. The van der Waals surface area contributed by atoms with E-state index >= 15 is 0 Å². The molecule has 0 atom stereocenters. The summed E-state index contributed by atoms with van der Waals surface area (Å²) >= 11 is 0. The minimum Gasteiger partial charge on any atom is -0.289 e. The third-order valence-corrected chi connectivity index (χ3v) is 3.36. The van der Waals surface area contributed by atoms with Gasteiger partial charge >= 0.3 is 0 Å². The lowest BCUT2D eigenvalue weighted by atomic mass is 10.1. The van der Waals surface area contributed by atoms with Gasteiger partial charge < -0.3 is 0 Å². The zero-order valence-electron chi connectivity index (χ0n) is 12.2. The predicted octanol–water partition coefficient (Wildman–Crippen LogP) is 2.27. The van der Waals surface area contributed by atoms with Crippen LogP contribution >= 0.6 is 0 Å². The number of unbranched alkanes of at least 4 members (excludes halogenated alkanes) is 1. The largest absolute Gasteiger partial charge is 0.289 e. The van der Waals surface area contributed by atoms with Crippen LogP contribution in [0.15, 0.2) is 36.5 Å². The van der Waals surface area contributed by atoms with Crippen LogP contribution in [0.4, 0.5) is 5.95 Å². The molecule has 0 fully saturated rings. The second-order valence-electron chi connectivity index (χ2n) is 4.91. The van der Waals surface area contributed by atoms with Gasteiger partial charge in [0.15, 0.2) is 0 Å². The Labute approximate surface area is 127 Å². The Hall–Kier alpha value is -2.83. The van der Waals surface area contributed by atoms with Gasteiger partial charge in [-0.25, -0.2) is 4.68 Å². The number of para-hydroxylation sites is 1. The van der Waals surface area contributed by atoms with Crippen molar-refractivity contribution in [3.05, 3.63) is 42.1 Å². The standard InChI is InChI=1S/C15H16N6O/c1-2-3-10-21-15(18-19-20-21)17-14(22)12-8-4-6-11-7-5-9-16-13(11)12/h4-9H,2-3,10H2,1H3,(H,17,18,20,22). The van der Waals surface area contributed by atoms with E-state index in [-0.39, 0.29) is 5.91 Å². The van der Waals surface area contributed by atoms with E-state index < -0.39 is 0 Å². The SMILES string of the molecule is CCCCn1nnnc1NC(=O)c1cccc2cccnc12. The van der Waals surface area contributed by atoms with Gasteiger partial charge in [-0.15, -0.1) is 0 Å². The molecule has 0 spiro atoms. The quantitative estimate of drug-likeness (QED) is 0.780. The Morgan fingerprint density at radius 3 is 3.00 bits per heavy atom. The Balaban J connectivity index is 1.86. The number of pyridine rings is 1. The first-order valence-electron chi connectivity index (χ1n) is 7.21. The Morgan fingerprint density at radius 1 is 1.27 bits per heavy atom. The first-order valence-corrected chi connectivity index (χ1v) is 7.21. The van der Waals surface area contributed by atoms with E-state index in [0.29, 0.717) is 23.6 Å². The fourth-order valence-corrected chi connectivity index (χ4v) is 2.21. The van der Waals surface area contributed by atoms with Crippen LogP contribution in [0, 0.1) is 0 Å². The molecule has 112 valence electrons. The number of hydrogen-bond donors (Lipinski definition) is 1. The van der Waals surface area contributed by atoms with Gasteiger partial charge in [-0.1, -0.05) is 36.6 Å². The maximum Gasteiger partial charge on any atom is 0.260 e. The molecule has 1 amide bonds. The van der Waals surface area contributed by atoms with E-state index in [2.05, 4.69) is 32.7 Å². The third-order valence-electron chi connectivity index (χ3n) is 3.36. The number of fused-ring (bicyclic) bond motifs is 1. The lowest BCUT2D eigenvalue weighted by Gasteiger charge is -2.07. The molecular weight excluding hydrogens is 280 g/mol. The number of hydrogen-bond acceptors (Lipinski definition) is 5. The number of nitrogens with zero attached hydrogens (tertiary/aromatic N) is 5. The first-order chi connectivity index (χ1) is 10.8. The molecule has 0 aliphatic heterocycles. The van der Waals surface area contributed by atoms with Crippen LogP contribution in [-0.2, 0) is 6.54 Å². The molecule has 0 saturated carbocycles. The highest BCUT2D eigenvalue weighted by Crippen LogP contribution is 2.17. The van der Waals surface area contributed by atoms with Crippen molar-refractivity contribution in [3.8, 4) is 0 Å². The van der Waals surface area contributed by atoms with E-state index in [4.69, 9.17) is 0 Å². The summed E-state index contributed by atoms with van der Waals surface area (Å²) in [6.07, 6.45) is 3.65. The molecular formula is C15H16N6O. The minimum atomic E-state index is -0.267. The summed E-state index contributed by atoms with van der Waals surface area (Å²) < 4.78 is 1.60. The molecule has 0 saturated heterocycles. The van der Waals surface area contributed by atoms with Crippen molar-refractivity contribution in [2.45, 2.75) is 26.3 Å². The highest BCUT2D eigenvalue weighted by molar-refractivity contribution is 6.11. The number of rotatable bonds is 5. The van der Waals surface area contributed by atoms with Crippen LogP contribution in [-0.4, -0.2) is 31.1 Å². The van der Waals surface area contributed by atoms with Gasteiger partial charge in [0.2, 0.25) is 5.95 Å². The number of aryl methyl sites for hydroxylation is 1. The van der Waals surface area contributed by atoms with Gasteiger partial charge in [-0.3, -0.25) is 15.1 Å². The fourth-order valence-electron chi connectivity index (χ4n) is 2.21. The predicted molar refractivity (Wildman–Crippen MR) is 82.4 cm³/mol. The van der Waals surface area contributed by atoms with Crippen LogP contribution in [0.25, 0.3) is 10.9 Å². The summed E-state index contributed by atoms with van der Waals surface area (Å²) in [6, 6.07) is 9.26. The molecule has 0 radical (unpaired) electrons. The Kier molecular flexibility index (Phi) is 4.04. The monoisotopic (exact) mass is 296 g/mol. The van der Waals surface area contributed by atoms with Crippen molar-refractivity contribution in [1.82, 2.24) is 25.2 Å². The number of nitrogens with one attached hydrogen (secondary N) is 1.